The van der Waals surface area contributed by atoms with Gasteiger partial charge < -0.3 is 14.2 Å². The third-order valence-corrected chi connectivity index (χ3v) is 6.91. The van der Waals surface area contributed by atoms with E-state index in [9.17, 15) is 9.59 Å². The van der Waals surface area contributed by atoms with Gasteiger partial charge in [-0.1, -0.05) is 12.1 Å². The lowest BCUT2D eigenvalue weighted by atomic mass is 9.85. The standard InChI is InChI=1S/C27H33NO5/c1-4-33-27(30)20-7-5-19(6-8-20)17-28-11-9-18(10-12-28)13-22-14-21-15-24(31-2)25(32-3)16-23(21)26(22)29/h5-8,15-16,18,22H,4,9-14,17H2,1-3H3/i27+2. The van der Waals surface area contributed by atoms with Gasteiger partial charge in [-0.05, 0) is 87.0 Å². The molecule has 33 heavy (non-hydrogen) atoms. The minimum atomic E-state index is -0.273. The van der Waals surface area contributed by atoms with Crippen molar-refractivity contribution >= 4 is 11.8 Å². The van der Waals surface area contributed by atoms with Crippen molar-refractivity contribution in [3.8, 4) is 11.5 Å². The smallest absolute Gasteiger partial charge is 0.338 e. The maximum absolute atomic E-state index is 13.0. The summed E-state index contributed by atoms with van der Waals surface area (Å²) in [6.45, 7) is 5.13. The first-order valence-electron chi connectivity index (χ1n) is 11.8. The Hall–Kier alpha value is -2.86. The third kappa shape index (κ3) is 5.22. The molecule has 0 bridgehead atoms. The molecule has 6 nitrogen and oxygen atoms in total. The molecule has 0 radical (unpaired) electrons. The molecule has 0 spiro atoms. The average molecular weight is 454 g/mol. The highest BCUT2D eigenvalue weighted by molar-refractivity contribution is 6.02. The number of likely N-dealkylation sites (tertiary alicyclic amines) is 1. The van der Waals surface area contributed by atoms with E-state index >= 15 is 0 Å². The van der Waals surface area contributed by atoms with Crippen molar-refractivity contribution in [3.63, 3.8) is 0 Å². The van der Waals surface area contributed by atoms with Crippen molar-refractivity contribution in [1.82, 2.24) is 4.90 Å². The van der Waals surface area contributed by atoms with Gasteiger partial charge >= 0.3 is 5.97 Å². The molecule has 1 saturated heterocycles. The number of nitrogens with zero attached hydrogens (tertiary/aromatic N) is 1. The van der Waals surface area contributed by atoms with Gasteiger partial charge in [0.25, 0.3) is 0 Å². The number of rotatable bonds is 8. The zero-order valence-corrected chi connectivity index (χ0v) is 19.8. The number of Topliss-reactive ketones (excluding diaryl/α,β-unsaturated/α-hetero) is 1. The van der Waals surface area contributed by atoms with Crippen molar-refractivity contribution in [1.29, 1.82) is 0 Å². The van der Waals surface area contributed by atoms with E-state index in [1.165, 1.54) is 5.56 Å². The normalized spacial score (nSPS) is 18.8. The first-order valence-corrected chi connectivity index (χ1v) is 11.8. The molecule has 6 heteroatoms. The summed E-state index contributed by atoms with van der Waals surface area (Å²) in [6.07, 6.45) is 3.95. The summed E-state index contributed by atoms with van der Waals surface area (Å²) in [5.74, 6) is 1.91. The lowest BCUT2D eigenvalue weighted by Gasteiger charge is -2.33. The van der Waals surface area contributed by atoms with E-state index in [-0.39, 0.29) is 17.7 Å². The zero-order chi connectivity index (χ0) is 23.4. The number of benzene rings is 2. The first-order chi connectivity index (χ1) is 16.0. The number of piperidine rings is 1. The van der Waals surface area contributed by atoms with Gasteiger partial charge in [0.1, 0.15) is 0 Å². The average Bonchev–Trinajstić information content (AvgIpc) is 3.14. The Labute approximate surface area is 195 Å². The summed E-state index contributed by atoms with van der Waals surface area (Å²) in [7, 11) is 3.23. The number of fused-ring (bicyclic) bond motifs is 1. The van der Waals surface area contributed by atoms with Crippen molar-refractivity contribution in [2.45, 2.75) is 39.2 Å². The van der Waals surface area contributed by atoms with Gasteiger partial charge in [0.05, 0.1) is 26.4 Å². The van der Waals surface area contributed by atoms with Crippen LogP contribution in [0.3, 0.4) is 0 Å². The van der Waals surface area contributed by atoms with E-state index in [4.69, 9.17) is 14.2 Å². The molecule has 1 aliphatic heterocycles. The van der Waals surface area contributed by atoms with Gasteiger partial charge in [-0.15, -0.1) is 0 Å². The van der Waals surface area contributed by atoms with Gasteiger partial charge in [0.2, 0.25) is 0 Å². The Morgan fingerprint density at radius 2 is 1.70 bits per heavy atom. The number of esters is 1. The second-order valence-electron chi connectivity index (χ2n) is 9.00. The molecule has 0 amide bonds. The van der Waals surface area contributed by atoms with Gasteiger partial charge in [-0.25, -0.2) is 4.79 Å². The van der Waals surface area contributed by atoms with Crippen molar-refractivity contribution in [2.75, 3.05) is 33.9 Å². The minimum absolute atomic E-state index is 0.0591. The van der Waals surface area contributed by atoms with E-state index < -0.39 is 0 Å². The lowest BCUT2D eigenvalue weighted by molar-refractivity contribution is 0.0526. The van der Waals surface area contributed by atoms with Crippen molar-refractivity contribution < 1.29 is 23.8 Å². The monoisotopic (exact) mass is 453 g/mol. The Bertz CT molecular complexity index is 992. The van der Waals surface area contributed by atoms with Crippen LogP contribution in [0.5, 0.6) is 11.5 Å². The molecule has 2 aromatic rings. The van der Waals surface area contributed by atoms with E-state index in [1.54, 1.807) is 14.2 Å². The number of ether oxygens (including phenoxy) is 3. The minimum Gasteiger partial charge on any atom is -0.493 e. The Morgan fingerprint density at radius 3 is 2.33 bits per heavy atom. The predicted molar refractivity (Wildman–Crippen MR) is 126 cm³/mol. The quantitative estimate of drug-likeness (QED) is 0.547. The van der Waals surface area contributed by atoms with Gasteiger partial charge in [-0.2, -0.15) is 0 Å². The summed E-state index contributed by atoms with van der Waals surface area (Å²) in [5.41, 5.74) is 3.66. The Morgan fingerprint density at radius 1 is 1.03 bits per heavy atom. The van der Waals surface area contributed by atoms with E-state index in [1.807, 2.05) is 43.3 Å². The molecular formula is C27H33NO5. The fraction of sp³-hybridized carbons (Fsp3) is 0.481. The molecule has 4 rings (SSSR count). The zero-order valence-electron chi connectivity index (χ0n) is 19.8. The molecule has 1 aliphatic carbocycles. The van der Waals surface area contributed by atoms with Crippen LogP contribution in [0.1, 0.15) is 58.0 Å². The van der Waals surface area contributed by atoms with E-state index in [0.717, 1.165) is 56.4 Å². The number of hydrogen-bond donors (Lipinski definition) is 0. The topological polar surface area (TPSA) is 65.1 Å². The SMILES string of the molecule is CCO[14C](=O)c1ccc(CN2CCC(CC3Cc4cc(OC)c(OC)cc4C3=O)CC2)cc1. The summed E-state index contributed by atoms with van der Waals surface area (Å²) in [5, 5.41) is 0. The summed E-state index contributed by atoms with van der Waals surface area (Å²) in [6, 6.07) is 11.5. The molecule has 1 heterocycles. The summed E-state index contributed by atoms with van der Waals surface area (Å²) in [4.78, 5) is 27.3. The van der Waals surface area contributed by atoms with Crippen LogP contribution in [0.15, 0.2) is 36.4 Å². The molecule has 1 atom stereocenters. The van der Waals surface area contributed by atoms with E-state index in [2.05, 4.69) is 4.90 Å². The lowest BCUT2D eigenvalue weighted by Crippen LogP contribution is -2.34. The summed E-state index contributed by atoms with van der Waals surface area (Å²) >= 11 is 0. The maximum atomic E-state index is 13.0. The van der Waals surface area contributed by atoms with Crippen LogP contribution < -0.4 is 9.47 Å². The molecule has 2 aromatic carbocycles. The van der Waals surface area contributed by atoms with Crippen LogP contribution in [0.4, 0.5) is 0 Å². The molecule has 2 aliphatic rings. The van der Waals surface area contributed by atoms with Crippen LogP contribution in [-0.4, -0.2) is 50.6 Å². The molecule has 176 valence electrons. The second-order valence-corrected chi connectivity index (χ2v) is 9.00. The Balaban J connectivity index is 1.28. The highest BCUT2D eigenvalue weighted by Gasteiger charge is 2.34. The Kier molecular flexibility index (Phi) is 7.33. The number of ketones is 1. The van der Waals surface area contributed by atoms with Crippen LogP contribution in [0.2, 0.25) is 0 Å². The molecule has 1 unspecified atom stereocenters. The molecule has 0 saturated carbocycles. The number of carbonyl (C=O) groups excluding carboxylic acids is 2. The molecular weight excluding hydrogens is 420 g/mol. The first kappa shape index (κ1) is 23.3. The molecule has 0 N–H and O–H groups in total. The fourth-order valence-electron chi connectivity index (χ4n) is 5.09. The number of carbonyl (C=O) groups is 2. The fourth-order valence-corrected chi connectivity index (χ4v) is 5.09. The number of hydrogen-bond acceptors (Lipinski definition) is 6. The predicted octanol–water partition coefficient (Wildman–Crippen LogP) is 4.54. The molecule has 1 fully saturated rings. The van der Waals surface area contributed by atoms with Gasteiger partial charge in [0, 0.05) is 18.0 Å². The van der Waals surface area contributed by atoms with Crippen LogP contribution in [0.25, 0.3) is 0 Å². The summed E-state index contributed by atoms with van der Waals surface area (Å²) < 4.78 is 15.8. The number of methoxy groups -OCH3 is 2. The third-order valence-electron chi connectivity index (χ3n) is 6.91. The van der Waals surface area contributed by atoms with Crippen LogP contribution >= 0.6 is 0 Å². The maximum Gasteiger partial charge on any atom is 0.338 e. The van der Waals surface area contributed by atoms with Gasteiger partial charge in [-0.3, -0.25) is 9.69 Å². The van der Waals surface area contributed by atoms with Gasteiger partial charge in [0.15, 0.2) is 17.3 Å². The highest BCUT2D eigenvalue weighted by Crippen LogP contribution is 2.39. The van der Waals surface area contributed by atoms with Crippen molar-refractivity contribution in [2.24, 2.45) is 11.8 Å². The van der Waals surface area contributed by atoms with Crippen LogP contribution in [-0.2, 0) is 17.7 Å². The molecule has 0 aromatic heterocycles. The largest absolute Gasteiger partial charge is 0.493 e. The van der Waals surface area contributed by atoms with Crippen LogP contribution in [0, 0.1) is 11.8 Å². The second kappa shape index (κ2) is 10.4. The highest BCUT2D eigenvalue weighted by atomic mass is 16.8. The van der Waals surface area contributed by atoms with E-state index in [0.29, 0.717) is 29.6 Å². The van der Waals surface area contributed by atoms with Crippen molar-refractivity contribution in [3.05, 3.63) is 58.7 Å².